The molecule has 24 heavy (non-hydrogen) atoms. The van der Waals surface area contributed by atoms with E-state index in [4.69, 9.17) is 16.3 Å². The molecule has 2 rings (SSSR count). The first-order valence-corrected chi connectivity index (χ1v) is 6.94. The van der Waals surface area contributed by atoms with Gasteiger partial charge in [-0.1, -0.05) is 17.7 Å². The summed E-state index contributed by atoms with van der Waals surface area (Å²) in [7, 11) is 1.37. The van der Waals surface area contributed by atoms with E-state index in [1.807, 2.05) is 0 Å². The summed E-state index contributed by atoms with van der Waals surface area (Å²) in [5, 5.41) is 24.1. The number of nitro groups is 1. The van der Waals surface area contributed by atoms with Crippen molar-refractivity contribution in [1.29, 1.82) is 0 Å². The minimum absolute atomic E-state index is 0.0702. The van der Waals surface area contributed by atoms with Gasteiger partial charge in [-0.05, 0) is 23.8 Å². The molecule has 1 amide bonds. The third kappa shape index (κ3) is 3.99. The van der Waals surface area contributed by atoms with E-state index in [0.717, 1.165) is 6.07 Å². The van der Waals surface area contributed by atoms with Crippen LogP contribution in [0.25, 0.3) is 0 Å². The minimum Gasteiger partial charge on any atom is -0.503 e. The first-order valence-electron chi connectivity index (χ1n) is 6.56. The number of carbonyl (C=O) groups is 1. The molecule has 0 fully saturated rings. The van der Waals surface area contributed by atoms with E-state index >= 15 is 0 Å². The predicted octanol–water partition coefficient (Wildman–Crippen LogP) is 2.73. The molecule has 0 spiro atoms. The number of rotatable bonds is 5. The summed E-state index contributed by atoms with van der Waals surface area (Å²) in [6, 6.07) is 8.17. The van der Waals surface area contributed by atoms with Crippen molar-refractivity contribution in [3.63, 3.8) is 0 Å². The Hall–Kier alpha value is -3.13. The second-order valence-electron chi connectivity index (χ2n) is 4.56. The molecule has 0 saturated carbocycles. The number of amides is 1. The standard InChI is InChI=1S/C15H12ClN3O5/c1-24-13-6-9(5-12(16)14(13)20)8-17-18-15(21)10-3-2-4-11(7-10)19(22)23/h2-8,20H,1H3,(H,18,21). The molecule has 2 N–H and O–H groups in total. The number of hydrazone groups is 1. The van der Waals surface area contributed by atoms with Crippen LogP contribution in [0.4, 0.5) is 5.69 Å². The molecule has 0 aliphatic rings. The molecule has 2 aromatic rings. The lowest BCUT2D eigenvalue weighted by atomic mass is 10.2. The second kappa shape index (κ2) is 7.42. The van der Waals surface area contributed by atoms with Crippen LogP contribution in [0, 0.1) is 10.1 Å². The third-order valence-corrected chi connectivity index (χ3v) is 3.26. The normalized spacial score (nSPS) is 10.6. The fourth-order valence-corrected chi connectivity index (χ4v) is 2.03. The molecule has 2 aromatic carbocycles. The van der Waals surface area contributed by atoms with Crippen LogP contribution in [0.1, 0.15) is 15.9 Å². The summed E-state index contributed by atoms with van der Waals surface area (Å²) >= 11 is 5.84. The van der Waals surface area contributed by atoms with Gasteiger partial charge in [0.25, 0.3) is 11.6 Å². The molecule has 9 heteroatoms. The molecule has 0 aliphatic carbocycles. The summed E-state index contributed by atoms with van der Waals surface area (Å²) in [4.78, 5) is 22.0. The smallest absolute Gasteiger partial charge is 0.271 e. The zero-order chi connectivity index (χ0) is 17.7. The minimum atomic E-state index is -0.605. The lowest BCUT2D eigenvalue weighted by Crippen LogP contribution is -2.17. The molecular formula is C15H12ClN3O5. The van der Waals surface area contributed by atoms with E-state index in [1.54, 1.807) is 0 Å². The van der Waals surface area contributed by atoms with Crippen molar-refractivity contribution in [3.8, 4) is 11.5 Å². The van der Waals surface area contributed by atoms with Gasteiger partial charge in [-0.25, -0.2) is 5.43 Å². The Labute approximate surface area is 141 Å². The SMILES string of the molecule is COc1cc(C=NNC(=O)c2cccc([N+](=O)[O-])c2)cc(Cl)c1O. The van der Waals surface area contributed by atoms with Gasteiger partial charge in [-0.3, -0.25) is 14.9 Å². The number of hydrogen-bond acceptors (Lipinski definition) is 6. The highest BCUT2D eigenvalue weighted by Crippen LogP contribution is 2.34. The van der Waals surface area contributed by atoms with Crippen molar-refractivity contribution in [2.45, 2.75) is 0 Å². The fourth-order valence-electron chi connectivity index (χ4n) is 1.81. The average Bonchev–Trinajstić information content (AvgIpc) is 2.57. The number of nitrogens with one attached hydrogen (secondary N) is 1. The summed E-state index contributed by atoms with van der Waals surface area (Å²) in [5.41, 5.74) is 2.63. The molecule has 0 saturated heterocycles. The van der Waals surface area contributed by atoms with Crippen molar-refractivity contribution in [2.24, 2.45) is 5.10 Å². The first kappa shape index (κ1) is 17.2. The maximum Gasteiger partial charge on any atom is 0.271 e. The molecule has 0 aliphatic heterocycles. The summed E-state index contributed by atoms with van der Waals surface area (Å²) in [5.74, 6) is -0.641. The fraction of sp³-hybridized carbons (Fsp3) is 0.0667. The number of ether oxygens (including phenoxy) is 1. The van der Waals surface area contributed by atoms with Crippen molar-refractivity contribution in [3.05, 3.63) is 62.7 Å². The van der Waals surface area contributed by atoms with Gasteiger partial charge >= 0.3 is 0 Å². The lowest BCUT2D eigenvalue weighted by Gasteiger charge is -2.06. The topological polar surface area (TPSA) is 114 Å². The quantitative estimate of drug-likeness (QED) is 0.489. The number of hydrogen-bond donors (Lipinski definition) is 2. The Morgan fingerprint density at radius 1 is 1.42 bits per heavy atom. The Morgan fingerprint density at radius 3 is 2.83 bits per heavy atom. The van der Waals surface area contributed by atoms with Gasteiger partial charge in [-0.15, -0.1) is 0 Å². The number of benzene rings is 2. The van der Waals surface area contributed by atoms with Crippen molar-refractivity contribution in [2.75, 3.05) is 7.11 Å². The highest BCUT2D eigenvalue weighted by Gasteiger charge is 2.11. The predicted molar refractivity (Wildman–Crippen MR) is 87.8 cm³/mol. The van der Waals surface area contributed by atoms with E-state index in [1.165, 1.54) is 43.7 Å². The van der Waals surface area contributed by atoms with Crippen LogP contribution in [-0.4, -0.2) is 29.3 Å². The van der Waals surface area contributed by atoms with E-state index < -0.39 is 10.8 Å². The van der Waals surface area contributed by atoms with Crippen molar-refractivity contribution >= 4 is 29.4 Å². The highest BCUT2D eigenvalue weighted by molar-refractivity contribution is 6.32. The third-order valence-electron chi connectivity index (χ3n) is 2.97. The van der Waals surface area contributed by atoms with Crippen LogP contribution in [0.3, 0.4) is 0 Å². The molecule has 8 nitrogen and oxygen atoms in total. The van der Waals surface area contributed by atoms with Crippen LogP contribution in [0.15, 0.2) is 41.5 Å². The number of nitrogens with zero attached hydrogens (tertiary/aromatic N) is 2. The van der Waals surface area contributed by atoms with Gasteiger partial charge in [0, 0.05) is 17.7 Å². The maximum absolute atomic E-state index is 11.9. The van der Waals surface area contributed by atoms with Gasteiger partial charge in [0.2, 0.25) is 0 Å². The summed E-state index contributed by atoms with van der Waals surface area (Å²) < 4.78 is 4.95. The number of aromatic hydroxyl groups is 1. The number of non-ortho nitro benzene ring substituents is 1. The van der Waals surface area contributed by atoms with Crippen LogP contribution in [0.2, 0.25) is 5.02 Å². The van der Waals surface area contributed by atoms with Crippen molar-refractivity contribution < 1.29 is 19.6 Å². The Balaban J connectivity index is 2.11. The summed E-state index contributed by atoms with van der Waals surface area (Å²) in [6.45, 7) is 0. The molecule has 0 aromatic heterocycles. The molecular weight excluding hydrogens is 338 g/mol. The largest absolute Gasteiger partial charge is 0.503 e. The zero-order valence-electron chi connectivity index (χ0n) is 12.4. The van der Waals surface area contributed by atoms with Crippen LogP contribution < -0.4 is 10.2 Å². The Kier molecular flexibility index (Phi) is 5.33. The van der Waals surface area contributed by atoms with Gasteiger partial charge in [-0.2, -0.15) is 5.10 Å². The van der Waals surface area contributed by atoms with Gasteiger partial charge in [0.15, 0.2) is 11.5 Å². The van der Waals surface area contributed by atoms with E-state index in [-0.39, 0.29) is 27.8 Å². The molecule has 0 atom stereocenters. The Bertz CT molecular complexity index is 823. The van der Waals surface area contributed by atoms with E-state index in [9.17, 15) is 20.0 Å². The molecule has 0 bridgehead atoms. The molecule has 0 unspecified atom stereocenters. The lowest BCUT2D eigenvalue weighted by molar-refractivity contribution is -0.384. The van der Waals surface area contributed by atoms with Crippen LogP contribution in [-0.2, 0) is 0 Å². The van der Waals surface area contributed by atoms with Crippen LogP contribution >= 0.6 is 11.6 Å². The number of halogens is 1. The number of phenolic OH excluding ortho intramolecular Hbond substituents is 1. The number of nitro benzene ring substituents is 1. The number of phenols is 1. The van der Waals surface area contributed by atoms with Gasteiger partial charge in [0.05, 0.1) is 23.3 Å². The maximum atomic E-state index is 11.9. The van der Waals surface area contributed by atoms with Crippen molar-refractivity contribution in [1.82, 2.24) is 5.43 Å². The van der Waals surface area contributed by atoms with E-state index in [0.29, 0.717) is 5.56 Å². The first-order chi connectivity index (χ1) is 11.4. The second-order valence-corrected chi connectivity index (χ2v) is 4.97. The monoisotopic (exact) mass is 349 g/mol. The van der Waals surface area contributed by atoms with Gasteiger partial charge in [0.1, 0.15) is 0 Å². The number of carbonyl (C=O) groups excluding carboxylic acids is 1. The molecule has 124 valence electrons. The zero-order valence-corrected chi connectivity index (χ0v) is 13.1. The highest BCUT2D eigenvalue weighted by atomic mass is 35.5. The Morgan fingerprint density at radius 2 is 2.17 bits per heavy atom. The van der Waals surface area contributed by atoms with Crippen LogP contribution in [0.5, 0.6) is 11.5 Å². The number of methoxy groups -OCH3 is 1. The molecule has 0 heterocycles. The summed E-state index contributed by atoms with van der Waals surface area (Å²) in [6.07, 6.45) is 1.29. The molecule has 0 radical (unpaired) electrons. The van der Waals surface area contributed by atoms with Gasteiger partial charge < -0.3 is 9.84 Å². The average molecular weight is 350 g/mol. The van der Waals surface area contributed by atoms with E-state index in [2.05, 4.69) is 10.5 Å².